The maximum absolute atomic E-state index is 4.23. The Balaban J connectivity index is 0.000000350. The Morgan fingerprint density at radius 2 is 1.26 bits per heavy atom. The lowest BCUT2D eigenvalue weighted by molar-refractivity contribution is 0.949. The van der Waals surface area contributed by atoms with Gasteiger partial charge < -0.3 is 10.6 Å². The molecule has 0 aromatic heterocycles. The van der Waals surface area contributed by atoms with E-state index in [1.165, 1.54) is 45.4 Å². The molecule has 246 valence electrons. The highest BCUT2D eigenvalue weighted by Gasteiger charge is 2.40. The van der Waals surface area contributed by atoms with Crippen molar-refractivity contribution in [3.8, 4) is 0 Å². The highest BCUT2D eigenvalue weighted by Crippen LogP contribution is 2.51. The van der Waals surface area contributed by atoms with Crippen molar-refractivity contribution < 1.29 is 0 Å². The van der Waals surface area contributed by atoms with Crippen molar-refractivity contribution in [2.75, 3.05) is 17.7 Å². The third-order valence-corrected chi connectivity index (χ3v) is 7.79. The van der Waals surface area contributed by atoms with Gasteiger partial charge in [-0.2, -0.15) is 0 Å². The number of hydrogen-bond donors (Lipinski definition) is 2. The third kappa shape index (κ3) is 12.6. The molecule has 1 fully saturated rings. The summed E-state index contributed by atoms with van der Waals surface area (Å²) in [5.41, 5.74) is 14.8. The first kappa shape index (κ1) is 39.7. The van der Waals surface area contributed by atoms with Gasteiger partial charge in [0.05, 0.1) is 0 Å². The Hall–Kier alpha value is -4.30. The number of benzene rings is 4. The summed E-state index contributed by atoms with van der Waals surface area (Å²) in [6, 6.07) is 31.8. The summed E-state index contributed by atoms with van der Waals surface area (Å²) in [6.07, 6.45) is 1.21. The van der Waals surface area contributed by atoms with Gasteiger partial charge in [-0.15, -0.1) is 0 Å². The van der Waals surface area contributed by atoms with Gasteiger partial charge >= 0.3 is 0 Å². The van der Waals surface area contributed by atoms with Gasteiger partial charge in [0.25, 0.3) is 0 Å². The Bertz CT molecular complexity index is 1510. The Labute approximate surface area is 282 Å². The van der Waals surface area contributed by atoms with E-state index < -0.39 is 0 Å². The van der Waals surface area contributed by atoms with E-state index >= 15 is 0 Å². The molecule has 0 radical (unpaired) electrons. The predicted molar refractivity (Wildman–Crippen MR) is 210 cm³/mol. The monoisotopic (exact) mass is 616 g/mol. The van der Waals surface area contributed by atoms with Gasteiger partial charge in [-0.3, -0.25) is 0 Å². The van der Waals surface area contributed by atoms with Crippen molar-refractivity contribution >= 4 is 22.5 Å². The van der Waals surface area contributed by atoms with Crippen LogP contribution in [0.2, 0.25) is 0 Å². The van der Waals surface area contributed by atoms with E-state index in [0.717, 1.165) is 28.2 Å². The molecule has 0 saturated heterocycles. The van der Waals surface area contributed by atoms with E-state index in [-0.39, 0.29) is 0 Å². The van der Waals surface area contributed by atoms with Crippen LogP contribution in [0.1, 0.15) is 92.8 Å². The van der Waals surface area contributed by atoms with Gasteiger partial charge in [0, 0.05) is 35.6 Å². The first-order valence-corrected chi connectivity index (χ1v) is 16.8. The van der Waals surface area contributed by atoms with Crippen molar-refractivity contribution in [3.05, 3.63) is 155 Å². The van der Waals surface area contributed by atoms with Gasteiger partial charge in [-0.25, -0.2) is 0 Å². The predicted octanol–water partition coefficient (Wildman–Crippen LogP) is 13.2. The largest absolute Gasteiger partial charge is 0.388 e. The molecule has 0 amide bonds. The number of aryl methyl sites for hydroxylation is 4. The molecule has 0 heterocycles. The molecule has 2 N–H and O–H groups in total. The molecule has 4 aromatic rings. The summed E-state index contributed by atoms with van der Waals surface area (Å²) in [6.45, 7) is 32.6. The van der Waals surface area contributed by atoms with E-state index in [2.05, 4.69) is 143 Å². The molecule has 46 heavy (non-hydrogen) atoms. The number of hydrogen-bond acceptors (Lipinski definition) is 2. The molecule has 2 nitrogen and oxygen atoms in total. The van der Waals surface area contributed by atoms with Crippen molar-refractivity contribution in [1.29, 1.82) is 0 Å². The highest BCUT2D eigenvalue weighted by molar-refractivity contribution is 5.76. The van der Waals surface area contributed by atoms with Gasteiger partial charge in [0.15, 0.2) is 0 Å². The van der Waals surface area contributed by atoms with Gasteiger partial charge in [-0.05, 0) is 105 Å². The van der Waals surface area contributed by atoms with Crippen LogP contribution < -0.4 is 10.6 Å². The van der Waals surface area contributed by atoms with Crippen molar-refractivity contribution in [1.82, 2.24) is 0 Å². The number of rotatable bonds is 7. The molecular formula is C44H60N2. The Morgan fingerprint density at radius 3 is 1.76 bits per heavy atom. The minimum atomic E-state index is 0.569. The van der Waals surface area contributed by atoms with Crippen LogP contribution in [0.15, 0.2) is 116 Å². The summed E-state index contributed by atoms with van der Waals surface area (Å²) in [5.74, 6) is 1.21. The number of nitrogens with one attached hydrogen (secondary N) is 2. The van der Waals surface area contributed by atoms with Crippen LogP contribution in [0, 0.1) is 33.6 Å². The topological polar surface area (TPSA) is 24.1 Å². The van der Waals surface area contributed by atoms with Crippen molar-refractivity contribution in [2.24, 2.45) is 5.92 Å². The van der Waals surface area contributed by atoms with E-state index in [1.54, 1.807) is 0 Å². The molecule has 0 bridgehead atoms. The van der Waals surface area contributed by atoms with E-state index in [4.69, 9.17) is 0 Å². The summed E-state index contributed by atoms with van der Waals surface area (Å²) in [4.78, 5) is 0. The standard InChI is InChI=1S/C19H21N.C11H15N.C10H12.2C2H6/c1-13-9-10-17(11-14(13)2)20-15(3)18-12-19(18)16-7-5-4-6-8-16;1-8(2)11-9(3)6-5-7-10(11)12-4;1-8(2)10-6-4-9(3)5-7-10;2*1-2/h4-11,18-20H,3,12H2,1-2H3;5-7,12H,1H2,2-4H3;4-7H,1H2,2-3H3;2*1-2H3. The van der Waals surface area contributed by atoms with Gasteiger partial charge in [0.1, 0.15) is 0 Å². The zero-order valence-corrected chi connectivity index (χ0v) is 30.6. The molecule has 1 saturated carbocycles. The molecule has 2 unspecified atom stereocenters. The molecule has 4 aromatic carbocycles. The first-order valence-electron chi connectivity index (χ1n) is 16.8. The van der Waals surface area contributed by atoms with Crippen LogP contribution in [0.4, 0.5) is 11.4 Å². The molecule has 2 heteroatoms. The van der Waals surface area contributed by atoms with Crippen LogP contribution in [-0.2, 0) is 0 Å². The Kier molecular flexibility index (Phi) is 17.9. The number of allylic oxidation sites excluding steroid dienone is 3. The number of anilines is 2. The third-order valence-electron chi connectivity index (χ3n) is 7.79. The molecule has 0 aliphatic heterocycles. The highest BCUT2D eigenvalue weighted by atomic mass is 14.9. The molecule has 1 aliphatic rings. The fraction of sp³-hybridized carbons (Fsp3) is 0.318. The second-order valence-electron chi connectivity index (χ2n) is 11.5. The lowest BCUT2D eigenvalue weighted by Gasteiger charge is -2.11. The zero-order chi connectivity index (χ0) is 34.8. The Morgan fingerprint density at radius 1 is 0.652 bits per heavy atom. The quantitative estimate of drug-likeness (QED) is 0.216. The maximum Gasteiger partial charge on any atom is 0.0416 e. The zero-order valence-electron chi connectivity index (χ0n) is 30.6. The fourth-order valence-electron chi connectivity index (χ4n) is 5.03. The van der Waals surface area contributed by atoms with Gasteiger partial charge in [0.2, 0.25) is 0 Å². The second kappa shape index (κ2) is 20.7. The lowest BCUT2D eigenvalue weighted by atomic mass is 10.0. The fourth-order valence-corrected chi connectivity index (χ4v) is 5.03. The van der Waals surface area contributed by atoms with Crippen molar-refractivity contribution in [2.45, 2.75) is 81.6 Å². The average molecular weight is 617 g/mol. The van der Waals surface area contributed by atoms with E-state index in [9.17, 15) is 0 Å². The molecule has 2 atom stereocenters. The molecule has 0 spiro atoms. The van der Waals surface area contributed by atoms with Crippen LogP contribution >= 0.6 is 0 Å². The van der Waals surface area contributed by atoms with Crippen LogP contribution in [0.25, 0.3) is 11.1 Å². The summed E-state index contributed by atoms with van der Waals surface area (Å²) < 4.78 is 0. The molecule has 5 rings (SSSR count). The van der Waals surface area contributed by atoms with Crippen LogP contribution in [0.5, 0.6) is 0 Å². The maximum atomic E-state index is 4.23. The molecule has 1 aliphatic carbocycles. The lowest BCUT2D eigenvalue weighted by Crippen LogP contribution is -2.01. The minimum absolute atomic E-state index is 0.569. The summed E-state index contributed by atoms with van der Waals surface area (Å²) >= 11 is 0. The minimum Gasteiger partial charge on any atom is -0.388 e. The summed E-state index contributed by atoms with van der Waals surface area (Å²) in [5, 5.41) is 6.63. The van der Waals surface area contributed by atoms with E-state index in [1.807, 2.05) is 54.7 Å². The molecular weight excluding hydrogens is 556 g/mol. The first-order chi connectivity index (χ1) is 22.0. The van der Waals surface area contributed by atoms with E-state index in [0.29, 0.717) is 11.8 Å². The van der Waals surface area contributed by atoms with Gasteiger partial charge in [-0.1, -0.05) is 131 Å². The SMILES string of the molecule is C=C(C)c1c(C)cccc1NC.C=C(C)c1ccc(C)cc1.C=C(Nc1ccc(C)c(C)c1)C1CC1c1ccccc1.CC.CC. The summed E-state index contributed by atoms with van der Waals surface area (Å²) in [7, 11) is 1.93. The smallest absolute Gasteiger partial charge is 0.0416 e. The average Bonchev–Trinajstić information content (AvgIpc) is 3.87. The van der Waals surface area contributed by atoms with Crippen LogP contribution in [0.3, 0.4) is 0 Å². The second-order valence-corrected chi connectivity index (χ2v) is 11.5. The van der Waals surface area contributed by atoms with Crippen LogP contribution in [-0.4, -0.2) is 7.05 Å². The van der Waals surface area contributed by atoms with Crippen molar-refractivity contribution in [3.63, 3.8) is 0 Å². The normalized spacial score (nSPS) is 13.7.